The Balaban J connectivity index is 1.65. The molecule has 0 aromatic heterocycles. The van der Waals surface area contributed by atoms with Gasteiger partial charge < -0.3 is 9.47 Å². The van der Waals surface area contributed by atoms with Crippen LogP contribution in [0.4, 0.5) is 0 Å². The van der Waals surface area contributed by atoms with Crippen molar-refractivity contribution in [2.75, 3.05) is 32.8 Å². The molecule has 0 radical (unpaired) electrons. The Morgan fingerprint density at radius 2 is 2.10 bits per heavy atom. The average molecular weight is 293 g/mol. The van der Waals surface area contributed by atoms with Crippen LogP contribution in [0.1, 0.15) is 45.4 Å². The van der Waals surface area contributed by atoms with Crippen molar-refractivity contribution in [1.82, 2.24) is 4.90 Å². The summed E-state index contributed by atoms with van der Waals surface area (Å²) >= 11 is 0. The summed E-state index contributed by atoms with van der Waals surface area (Å²) < 4.78 is 10.8. The Labute approximate surface area is 128 Å². The van der Waals surface area contributed by atoms with Gasteiger partial charge in [0.05, 0.1) is 19.1 Å². The number of nitrogens with zero attached hydrogens (tertiary/aromatic N) is 1. The standard InChI is InChI=1S/C17H27NO3/c1-2-12-20-14-16-13-15(17(19)21-16)8-4-7-11-18-9-5-3-6-10-18/h15-16H,2-3,5-6,8-14H2,1H3/t15-,16+/m1/s1. The van der Waals surface area contributed by atoms with Gasteiger partial charge >= 0.3 is 5.97 Å². The number of carbonyl (C=O) groups is 1. The average Bonchev–Trinajstić information content (AvgIpc) is 2.85. The molecule has 2 saturated heterocycles. The maximum atomic E-state index is 11.8. The molecule has 2 aliphatic heterocycles. The van der Waals surface area contributed by atoms with E-state index in [4.69, 9.17) is 9.47 Å². The molecule has 0 aromatic rings. The third-order valence-corrected chi connectivity index (χ3v) is 4.04. The van der Waals surface area contributed by atoms with Crippen molar-refractivity contribution in [1.29, 1.82) is 0 Å². The summed E-state index contributed by atoms with van der Waals surface area (Å²) in [6, 6.07) is 0. The lowest BCUT2D eigenvalue weighted by atomic mass is 10.0. The Morgan fingerprint density at radius 3 is 2.86 bits per heavy atom. The highest BCUT2D eigenvalue weighted by molar-refractivity contribution is 5.75. The van der Waals surface area contributed by atoms with Crippen LogP contribution in [0.3, 0.4) is 0 Å². The number of ether oxygens (including phenoxy) is 2. The van der Waals surface area contributed by atoms with Gasteiger partial charge in [-0.1, -0.05) is 19.3 Å². The lowest BCUT2D eigenvalue weighted by Crippen LogP contribution is -2.29. The summed E-state index contributed by atoms with van der Waals surface area (Å²) in [6.45, 7) is 6.49. The lowest BCUT2D eigenvalue weighted by Gasteiger charge is -2.23. The molecule has 2 aliphatic rings. The molecule has 4 heteroatoms. The van der Waals surface area contributed by atoms with Crippen LogP contribution >= 0.6 is 0 Å². The van der Waals surface area contributed by atoms with Gasteiger partial charge in [0.2, 0.25) is 0 Å². The first-order valence-corrected chi connectivity index (χ1v) is 8.26. The second-order valence-electron chi connectivity index (χ2n) is 5.96. The Kier molecular flexibility index (Phi) is 7.05. The predicted molar refractivity (Wildman–Crippen MR) is 81.8 cm³/mol. The number of rotatable bonds is 6. The van der Waals surface area contributed by atoms with E-state index in [1.807, 2.05) is 0 Å². The molecule has 118 valence electrons. The second kappa shape index (κ2) is 9.07. The Morgan fingerprint density at radius 1 is 1.29 bits per heavy atom. The van der Waals surface area contributed by atoms with E-state index in [1.165, 1.54) is 19.3 Å². The van der Waals surface area contributed by atoms with Crippen molar-refractivity contribution >= 4 is 5.97 Å². The van der Waals surface area contributed by atoms with Gasteiger partial charge in [-0.15, -0.1) is 5.92 Å². The number of hydrogen-bond donors (Lipinski definition) is 0. The zero-order chi connectivity index (χ0) is 14.9. The number of esters is 1. The first kappa shape index (κ1) is 16.3. The van der Waals surface area contributed by atoms with Gasteiger partial charge in [0.25, 0.3) is 0 Å². The SMILES string of the molecule is CCCOC[C@@H]1C[C@@H](CC#CCN2CCCCC2)C(=O)O1. The zero-order valence-electron chi connectivity index (χ0n) is 13.1. The van der Waals surface area contributed by atoms with E-state index >= 15 is 0 Å². The molecule has 0 unspecified atom stereocenters. The maximum absolute atomic E-state index is 11.8. The summed E-state index contributed by atoms with van der Waals surface area (Å²) in [4.78, 5) is 14.2. The van der Waals surface area contributed by atoms with E-state index in [9.17, 15) is 4.79 Å². The quantitative estimate of drug-likeness (QED) is 0.428. The minimum absolute atomic E-state index is 0.0610. The van der Waals surface area contributed by atoms with Gasteiger partial charge in [-0.2, -0.15) is 0 Å². The zero-order valence-corrected chi connectivity index (χ0v) is 13.1. The van der Waals surface area contributed by atoms with E-state index in [1.54, 1.807) is 0 Å². The van der Waals surface area contributed by atoms with Crippen LogP contribution in [0.15, 0.2) is 0 Å². The van der Waals surface area contributed by atoms with Crippen LogP contribution in [0.25, 0.3) is 0 Å². The molecule has 0 saturated carbocycles. The van der Waals surface area contributed by atoms with E-state index in [0.29, 0.717) is 13.0 Å². The van der Waals surface area contributed by atoms with Crippen LogP contribution in [0.2, 0.25) is 0 Å². The second-order valence-corrected chi connectivity index (χ2v) is 5.96. The molecule has 4 nitrogen and oxygen atoms in total. The molecule has 0 aromatic carbocycles. The number of carbonyl (C=O) groups excluding carboxylic acids is 1. The Bertz CT molecular complexity index is 379. The molecule has 21 heavy (non-hydrogen) atoms. The largest absolute Gasteiger partial charge is 0.460 e. The molecule has 0 bridgehead atoms. The van der Waals surface area contributed by atoms with Crippen molar-refractivity contribution in [3.8, 4) is 11.8 Å². The first-order valence-electron chi connectivity index (χ1n) is 8.26. The Hall–Kier alpha value is -1.05. The summed E-state index contributed by atoms with van der Waals surface area (Å²) in [5, 5.41) is 0. The number of piperidine rings is 1. The van der Waals surface area contributed by atoms with Crippen LogP contribution in [-0.2, 0) is 14.3 Å². The van der Waals surface area contributed by atoms with Crippen molar-refractivity contribution in [2.45, 2.75) is 51.6 Å². The van der Waals surface area contributed by atoms with Gasteiger partial charge in [0.1, 0.15) is 6.10 Å². The third kappa shape index (κ3) is 5.68. The fourth-order valence-electron chi connectivity index (χ4n) is 2.83. The molecule has 0 amide bonds. The van der Waals surface area contributed by atoms with Crippen LogP contribution in [-0.4, -0.2) is 49.8 Å². The van der Waals surface area contributed by atoms with Gasteiger partial charge in [-0.05, 0) is 32.4 Å². The fraction of sp³-hybridized carbons (Fsp3) is 0.824. The fourth-order valence-corrected chi connectivity index (χ4v) is 2.83. The molecule has 0 N–H and O–H groups in total. The number of cyclic esters (lactones) is 1. The minimum Gasteiger partial charge on any atom is -0.460 e. The summed E-state index contributed by atoms with van der Waals surface area (Å²) in [6.07, 6.45) is 6.22. The number of likely N-dealkylation sites (tertiary alicyclic amines) is 1. The number of hydrogen-bond acceptors (Lipinski definition) is 4. The van der Waals surface area contributed by atoms with Gasteiger partial charge in [0.15, 0.2) is 0 Å². The molecule has 0 spiro atoms. The van der Waals surface area contributed by atoms with Crippen LogP contribution in [0.5, 0.6) is 0 Å². The lowest BCUT2D eigenvalue weighted by molar-refractivity contribution is -0.146. The first-order chi connectivity index (χ1) is 10.3. The molecular formula is C17H27NO3. The summed E-state index contributed by atoms with van der Waals surface area (Å²) in [5.74, 6) is 6.20. The highest BCUT2D eigenvalue weighted by Crippen LogP contribution is 2.24. The van der Waals surface area contributed by atoms with Crippen molar-refractivity contribution in [2.24, 2.45) is 5.92 Å². The van der Waals surface area contributed by atoms with Crippen molar-refractivity contribution in [3.05, 3.63) is 0 Å². The van der Waals surface area contributed by atoms with Crippen LogP contribution in [0, 0.1) is 17.8 Å². The minimum atomic E-state index is -0.104. The normalized spacial score (nSPS) is 26.2. The molecule has 2 atom stereocenters. The predicted octanol–water partition coefficient (Wildman–Crippen LogP) is 2.22. The van der Waals surface area contributed by atoms with E-state index in [-0.39, 0.29) is 18.0 Å². The van der Waals surface area contributed by atoms with E-state index in [2.05, 4.69) is 23.7 Å². The monoisotopic (exact) mass is 293 g/mol. The van der Waals surface area contributed by atoms with Crippen molar-refractivity contribution in [3.63, 3.8) is 0 Å². The molecule has 0 aliphatic carbocycles. The smallest absolute Gasteiger partial charge is 0.310 e. The molecule has 2 rings (SSSR count). The molecular weight excluding hydrogens is 266 g/mol. The van der Waals surface area contributed by atoms with Gasteiger partial charge in [-0.3, -0.25) is 9.69 Å². The summed E-state index contributed by atoms with van der Waals surface area (Å²) in [7, 11) is 0. The summed E-state index contributed by atoms with van der Waals surface area (Å²) in [5.41, 5.74) is 0. The van der Waals surface area contributed by atoms with E-state index < -0.39 is 0 Å². The van der Waals surface area contributed by atoms with Gasteiger partial charge in [0, 0.05) is 19.4 Å². The third-order valence-electron chi connectivity index (χ3n) is 4.04. The molecule has 2 heterocycles. The van der Waals surface area contributed by atoms with Crippen LogP contribution < -0.4 is 0 Å². The van der Waals surface area contributed by atoms with E-state index in [0.717, 1.165) is 39.1 Å². The van der Waals surface area contributed by atoms with Crippen molar-refractivity contribution < 1.29 is 14.3 Å². The molecule has 2 fully saturated rings. The topological polar surface area (TPSA) is 38.8 Å². The maximum Gasteiger partial charge on any atom is 0.310 e. The highest BCUT2D eigenvalue weighted by atomic mass is 16.6. The highest BCUT2D eigenvalue weighted by Gasteiger charge is 2.33. The van der Waals surface area contributed by atoms with Gasteiger partial charge in [-0.25, -0.2) is 0 Å².